The van der Waals surface area contributed by atoms with Crippen LogP contribution in [0.2, 0.25) is 0 Å². The minimum absolute atomic E-state index is 0.0146. The smallest absolute Gasteiger partial charge is 0.272 e. The van der Waals surface area contributed by atoms with Gasteiger partial charge in [-0.25, -0.2) is 4.98 Å². The van der Waals surface area contributed by atoms with Crippen LogP contribution in [0, 0.1) is 0 Å². The van der Waals surface area contributed by atoms with Crippen LogP contribution < -0.4 is 34.9 Å². The highest BCUT2D eigenvalue weighted by atomic mass is 32.2. The molecule has 1 aromatic heterocycles. The summed E-state index contributed by atoms with van der Waals surface area (Å²) in [6.45, 7) is 1.81. The van der Waals surface area contributed by atoms with Crippen molar-refractivity contribution >= 4 is 57.7 Å². The Balaban J connectivity index is 1.26. The molecule has 1 unspecified atom stereocenters. The number of hydrogen-bond donors (Lipinski definition) is 3. The Labute approximate surface area is 304 Å². The van der Waals surface area contributed by atoms with Crippen molar-refractivity contribution in [2.75, 3.05) is 39.1 Å². The van der Waals surface area contributed by atoms with Gasteiger partial charge in [0.25, 0.3) is 11.8 Å². The molecular weight excluding hydrogens is 689 g/mol. The third-order valence-corrected chi connectivity index (χ3v) is 9.31. The zero-order chi connectivity index (χ0) is 36.3. The van der Waals surface area contributed by atoms with Crippen molar-refractivity contribution in [2.24, 2.45) is 0 Å². The summed E-state index contributed by atoms with van der Waals surface area (Å²) in [4.78, 5) is 45.1. The number of aromatic nitrogens is 1. The summed E-state index contributed by atoms with van der Waals surface area (Å²) in [6, 6.07) is 26.5. The van der Waals surface area contributed by atoms with E-state index in [1.807, 2.05) is 36.6 Å². The third-order valence-electron chi connectivity index (χ3n) is 7.44. The molecule has 51 heavy (non-hydrogen) atoms. The molecule has 0 saturated carbocycles. The Bertz CT molecular complexity index is 1990. The molecule has 262 valence electrons. The highest BCUT2D eigenvalue weighted by Crippen LogP contribution is 2.39. The highest BCUT2D eigenvalue weighted by molar-refractivity contribution is 8.00. The van der Waals surface area contributed by atoms with Gasteiger partial charge in [-0.15, -0.1) is 23.1 Å². The SMILES string of the molecule is COc1ccc(-c2csc(NC(=O)C(C)Sc3ccc(NC(=O)/C(=C/c4cc(OC)c(OC)c(OC)c4)NC(=O)c4ccccc4)cc3)n2)cc1. The molecule has 13 heteroatoms. The fourth-order valence-corrected chi connectivity index (χ4v) is 6.39. The summed E-state index contributed by atoms with van der Waals surface area (Å²) in [7, 11) is 6.09. The van der Waals surface area contributed by atoms with E-state index < -0.39 is 17.1 Å². The number of anilines is 2. The van der Waals surface area contributed by atoms with Crippen molar-refractivity contribution in [1.82, 2.24) is 10.3 Å². The Morgan fingerprint density at radius 3 is 2.08 bits per heavy atom. The van der Waals surface area contributed by atoms with Crippen LogP contribution in [-0.4, -0.2) is 56.4 Å². The number of rotatable bonds is 14. The highest BCUT2D eigenvalue weighted by Gasteiger charge is 2.19. The normalized spacial score (nSPS) is 11.6. The Morgan fingerprint density at radius 2 is 1.47 bits per heavy atom. The maximum Gasteiger partial charge on any atom is 0.272 e. The number of nitrogens with zero attached hydrogens (tertiary/aromatic N) is 1. The minimum atomic E-state index is -0.557. The van der Waals surface area contributed by atoms with Crippen LogP contribution in [0.25, 0.3) is 17.3 Å². The monoisotopic (exact) mass is 724 g/mol. The number of nitrogens with one attached hydrogen (secondary N) is 3. The van der Waals surface area contributed by atoms with E-state index in [4.69, 9.17) is 18.9 Å². The number of thioether (sulfide) groups is 1. The van der Waals surface area contributed by atoms with Crippen LogP contribution in [0.15, 0.2) is 107 Å². The molecule has 0 bridgehead atoms. The molecular formula is C38H36N4O7S2. The molecule has 0 radical (unpaired) electrons. The molecule has 11 nitrogen and oxygen atoms in total. The van der Waals surface area contributed by atoms with Crippen molar-refractivity contribution < 1.29 is 33.3 Å². The summed E-state index contributed by atoms with van der Waals surface area (Å²) in [5.41, 5.74) is 3.06. The Morgan fingerprint density at radius 1 is 0.804 bits per heavy atom. The van der Waals surface area contributed by atoms with Crippen LogP contribution in [-0.2, 0) is 9.59 Å². The van der Waals surface area contributed by atoms with Crippen LogP contribution in [0.3, 0.4) is 0 Å². The predicted octanol–water partition coefficient (Wildman–Crippen LogP) is 7.37. The molecule has 5 aromatic rings. The third kappa shape index (κ3) is 9.47. The number of benzene rings is 4. The maximum atomic E-state index is 13.6. The predicted molar refractivity (Wildman–Crippen MR) is 201 cm³/mol. The molecule has 4 aromatic carbocycles. The van der Waals surface area contributed by atoms with E-state index in [1.165, 1.54) is 50.5 Å². The molecule has 3 amide bonds. The zero-order valence-electron chi connectivity index (χ0n) is 28.5. The van der Waals surface area contributed by atoms with Gasteiger partial charge in [-0.05, 0) is 91.4 Å². The topological polar surface area (TPSA) is 137 Å². The fourth-order valence-electron chi connectivity index (χ4n) is 4.80. The Hall–Kier alpha value is -5.79. The van der Waals surface area contributed by atoms with Gasteiger partial charge in [0, 0.05) is 27.1 Å². The summed E-state index contributed by atoms with van der Waals surface area (Å²) in [5, 5.41) is 10.4. The number of carbonyl (C=O) groups excluding carboxylic acids is 3. The van der Waals surface area contributed by atoms with Gasteiger partial charge in [0.15, 0.2) is 16.6 Å². The number of hydrogen-bond acceptors (Lipinski definition) is 10. The lowest BCUT2D eigenvalue weighted by molar-refractivity contribution is -0.115. The number of thiazole rings is 1. The van der Waals surface area contributed by atoms with Crippen molar-refractivity contribution in [1.29, 1.82) is 0 Å². The lowest BCUT2D eigenvalue weighted by Gasteiger charge is -2.15. The van der Waals surface area contributed by atoms with Gasteiger partial charge < -0.3 is 34.9 Å². The summed E-state index contributed by atoms with van der Waals surface area (Å²) in [5.74, 6) is 0.713. The van der Waals surface area contributed by atoms with E-state index in [9.17, 15) is 14.4 Å². The van der Waals surface area contributed by atoms with Crippen LogP contribution in [0.4, 0.5) is 10.8 Å². The second kappa shape index (κ2) is 17.2. The van der Waals surface area contributed by atoms with Gasteiger partial charge in [0.05, 0.1) is 39.4 Å². The lowest BCUT2D eigenvalue weighted by atomic mass is 10.1. The van der Waals surface area contributed by atoms with Crippen LogP contribution >= 0.6 is 23.1 Å². The van der Waals surface area contributed by atoms with Crippen molar-refractivity contribution in [2.45, 2.75) is 17.1 Å². The van der Waals surface area contributed by atoms with Crippen molar-refractivity contribution in [3.63, 3.8) is 0 Å². The first kappa shape index (κ1) is 36.5. The zero-order valence-corrected chi connectivity index (χ0v) is 30.1. The molecule has 0 aliphatic rings. The van der Waals surface area contributed by atoms with Gasteiger partial charge >= 0.3 is 0 Å². The lowest BCUT2D eigenvalue weighted by Crippen LogP contribution is -2.30. The number of carbonyl (C=O) groups is 3. The molecule has 0 saturated heterocycles. The molecule has 0 fully saturated rings. The molecule has 5 rings (SSSR count). The number of amides is 3. The molecule has 0 aliphatic carbocycles. The fraction of sp³-hybridized carbons (Fsp3) is 0.158. The van der Waals surface area contributed by atoms with E-state index in [2.05, 4.69) is 20.9 Å². The van der Waals surface area contributed by atoms with E-state index in [1.54, 1.807) is 73.8 Å². The second-order valence-electron chi connectivity index (χ2n) is 10.8. The molecule has 1 heterocycles. The van der Waals surface area contributed by atoms with Crippen molar-refractivity contribution in [3.8, 4) is 34.3 Å². The Kier molecular flexibility index (Phi) is 12.3. The van der Waals surface area contributed by atoms with Gasteiger partial charge in [0.2, 0.25) is 11.7 Å². The summed E-state index contributed by atoms with van der Waals surface area (Å²) in [6.07, 6.45) is 1.52. The van der Waals surface area contributed by atoms with E-state index in [0.717, 1.165) is 21.9 Å². The average Bonchev–Trinajstić information content (AvgIpc) is 3.63. The number of ether oxygens (including phenoxy) is 4. The van der Waals surface area contributed by atoms with Gasteiger partial charge in [0.1, 0.15) is 11.4 Å². The van der Waals surface area contributed by atoms with E-state index in [-0.39, 0.29) is 11.6 Å². The van der Waals surface area contributed by atoms with E-state index >= 15 is 0 Å². The standard InChI is InChI=1S/C38H36N4O7S2/c1-23(35(43)42-38-41-31(22-50-38)25-11-15-28(46-2)16-12-25)51-29-17-13-27(14-18-29)39-37(45)30(40-36(44)26-9-7-6-8-10-26)19-24-20-32(47-3)34(49-5)33(21-24)48-4/h6-23H,1-5H3,(H,39,45)(H,40,44)(H,41,42,43)/b30-19-. The largest absolute Gasteiger partial charge is 0.497 e. The van der Waals surface area contributed by atoms with Gasteiger partial charge in [-0.3, -0.25) is 14.4 Å². The van der Waals surface area contributed by atoms with Gasteiger partial charge in [-0.1, -0.05) is 18.2 Å². The maximum absolute atomic E-state index is 13.6. The first-order valence-electron chi connectivity index (χ1n) is 15.6. The van der Waals surface area contributed by atoms with Crippen LogP contribution in [0.1, 0.15) is 22.8 Å². The second-order valence-corrected chi connectivity index (χ2v) is 13.1. The molecule has 1 atom stereocenters. The van der Waals surface area contributed by atoms with Crippen molar-refractivity contribution in [3.05, 3.63) is 113 Å². The number of methoxy groups -OCH3 is 4. The van der Waals surface area contributed by atoms with E-state index in [0.29, 0.717) is 39.2 Å². The quantitative estimate of drug-likeness (QED) is 0.0792. The summed E-state index contributed by atoms with van der Waals surface area (Å²) < 4.78 is 21.5. The van der Waals surface area contributed by atoms with Gasteiger partial charge in [-0.2, -0.15) is 0 Å². The first-order valence-corrected chi connectivity index (χ1v) is 17.3. The average molecular weight is 725 g/mol. The minimum Gasteiger partial charge on any atom is -0.497 e. The van der Waals surface area contributed by atoms with Crippen LogP contribution in [0.5, 0.6) is 23.0 Å². The molecule has 3 N–H and O–H groups in total. The molecule has 0 spiro atoms. The summed E-state index contributed by atoms with van der Waals surface area (Å²) >= 11 is 2.72. The molecule has 0 aliphatic heterocycles. The first-order chi connectivity index (χ1) is 24.7.